The molecule has 0 atom stereocenters. The lowest BCUT2D eigenvalue weighted by Gasteiger charge is -2.28. The molecule has 0 radical (unpaired) electrons. The number of pyridine rings is 1. The molecule has 6 nitrogen and oxygen atoms in total. The third-order valence-electron chi connectivity index (χ3n) is 5.88. The van der Waals surface area contributed by atoms with Gasteiger partial charge in [-0.25, -0.2) is 14.1 Å². The summed E-state index contributed by atoms with van der Waals surface area (Å²) in [7, 11) is -4.33. The van der Waals surface area contributed by atoms with Crippen molar-refractivity contribution in [3.8, 4) is 5.75 Å². The number of halogens is 2. The van der Waals surface area contributed by atoms with Crippen LogP contribution >= 0.6 is 0 Å². The fourth-order valence-electron chi connectivity index (χ4n) is 3.94. The second-order valence-corrected chi connectivity index (χ2v) is 9.95. The zero-order chi connectivity index (χ0) is 22.2. The monoisotopic (exact) mass is 450 g/mol. The first-order valence-electron chi connectivity index (χ1n) is 10.3. The van der Waals surface area contributed by atoms with Gasteiger partial charge in [-0.1, -0.05) is 18.2 Å². The van der Waals surface area contributed by atoms with E-state index in [9.17, 15) is 22.0 Å². The number of hydrogen-bond donors (Lipinski definition) is 1. The second kappa shape index (κ2) is 8.18. The van der Waals surface area contributed by atoms with Crippen LogP contribution in [0.4, 0.5) is 8.78 Å². The van der Waals surface area contributed by atoms with E-state index in [1.165, 1.54) is 6.07 Å². The molecule has 1 heterocycles. The van der Waals surface area contributed by atoms with Crippen LogP contribution in [0.3, 0.4) is 0 Å². The van der Waals surface area contributed by atoms with Gasteiger partial charge in [0.05, 0.1) is 0 Å². The van der Waals surface area contributed by atoms with Gasteiger partial charge in [0.1, 0.15) is 11.9 Å². The van der Waals surface area contributed by atoms with Crippen molar-refractivity contribution < 1.29 is 26.7 Å². The highest BCUT2D eigenvalue weighted by atomic mass is 32.2. The molecule has 1 amide bonds. The summed E-state index contributed by atoms with van der Waals surface area (Å²) in [5, 5.41) is -0.573. The highest BCUT2D eigenvalue weighted by Crippen LogP contribution is 2.45. The summed E-state index contributed by atoms with van der Waals surface area (Å²) in [6.07, 6.45) is 2.29. The Morgan fingerprint density at radius 1 is 1.16 bits per heavy atom. The molecular weight excluding hydrogens is 426 g/mol. The van der Waals surface area contributed by atoms with E-state index in [0.717, 1.165) is 23.3 Å². The molecule has 9 heteroatoms. The average Bonchev–Trinajstić information content (AvgIpc) is 3.50. The first kappa shape index (κ1) is 21.7. The summed E-state index contributed by atoms with van der Waals surface area (Å²) in [4.78, 5) is 16.2. The summed E-state index contributed by atoms with van der Waals surface area (Å²) in [6, 6.07) is 9.04. The van der Waals surface area contributed by atoms with Crippen molar-refractivity contribution in [2.75, 3.05) is 0 Å². The molecule has 2 aromatic rings. The number of aryl methyl sites for hydroxylation is 1. The van der Waals surface area contributed by atoms with Crippen LogP contribution in [0.5, 0.6) is 5.75 Å². The smallest absolute Gasteiger partial charge is 0.281 e. The highest BCUT2D eigenvalue weighted by molar-refractivity contribution is 7.90. The molecule has 31 heavy (non-hydrogen) atoms. The minimum atomic E-state index is -4.33. The molecular formula is C22H24F2N2O4S. The zero-order valence-electron chi connectivity index (χ0n) is 17.1. The number of nitrogens with one attached hydrogen (secondary N) is 1. The van der Waals surface area contributed by atoms with Gasteiger partial charge < -0.3 is 4.74 Å². The van der Waals surface area contributed by atoms with E-state index in [0.29, 0.717) is 44.3 Å². The standard InChI is InChI=1S/C22H24F2N2O4S/c1-14-5-10-17(15-6-8-16(23)9-7-15)18(13-14)30-22(11-12-22)21(27)26-31(28,29)20-4-2-3-19(24)25-20/h2-5,10,13,15-16H,6-9,11-12H2,1H3,(H,26,27). The van der Waals surface area contributed by atoms with Crippen molar-refractivity contribution in [2.45, 2.75) is 68.2 Å². The number of carbonyl (C=O) groups excluding carboxylic acids is 1. The van der Waals surface area contributed by atoms with Crippen LogP contribution in [0.15, 0.2) is 41.4 Å². The average molecular weight is 451 g/mol. The van der Waals surface area contributed by atoms with Crippen LogP contribution in [0.25, 0.3) is 0 Å². The minimum Gasteiger partial charge on any atom is -0.477 e. The van der Waals surface area contributed by atoms with E-state index >= 15 is 0 Å². The van der Waals surface area contributed by atoms with E-state index < -0.39 is 38.7 Å². The molecule has 2 saturated carbocycles. The topological polar surface area (TPSA) is 85.4 Å². The molecule has 1 aromatic heterocycles. The molecule has 2 fully saturated rings. The van der Waals surface area contributed by atoms with E-state index in [-0.39, 0.29) is 5.92 Å². The Labute approximate surface area is 180 Å². The van der Waals surface area contributed by atoms with Gasteiger partial charge in [0, 0.05) is 12.8 Å². The molecule has 1 N–H and O–H groups in total. The van der Waals surface area contributed by atoms with Gasteiger partial charge in [-0.05, 0) is 67.9 Å². The molecule has 0 spiro atoms. The number of alkyl halides is 1. The molecule has 0 saturated heterocycles. The maximum Gasteiger partial charge on any atom is 0.281 e. The first-order valence-corrected chi connectivity index (χ1v) is 11.8. The van der Waals surface area contributed by atoms with Gasteiger partial charge in [0.2, 0.25) is 5.95 Å². The van der Waals surface area contributed by atoms with Crippen molar-refractivity contribution in [1.29, 1.82) is 0 Å². The highest BCUT2D eigenvalue weighted by Gasteiger charge is 2.54. The van der Waals surface area contributed by atoms with Gasteiger partial charge in [0.25, 0.3) is 15.9 Å². The Balaban J connectivity index is 1.54. The predicted molar refractivity (Wildman–Crippen MR) is 109 cm³/mol. The number of ether oxygens (including phenoxy) is 1. The summed E-state index contributed by atoms with van der Waals surface area (Å²) in [5.74, 6) is -1.11. The first-order chi connectivity index (χ1) is 14.7. The lowest BCUT2D eigenvalue weighted by Crippen LogP contribution is -2.43. The quantitative estimate of drug-likeness (QED) is 0.674. The fourth-order valence-corrected chi connectivity index (χ4v) is 4.94. The molecule has 0 aliphatic heterocycles. The van der Waals surface area contributed by atoms with Gasteiger partial charge >= 0.3 is 0 Å². The molecule has 1 aromatic carbocycles. The van der Waals surface area contributed by atoms with Crippen LogP contribution in [0.2, 0.25) is 0 Å². The number of nitrogens with zero attached hydrogens (tertiary/aromatic N) is 1. The van der Waals surface area contributed by atoms with Gasteiger partial charge in [-0.3, -0.25) is 4.79 Å². The lowest BCUT2D eigenvalue weighted by molar-refractivity contribution is -0.128. The summed E-state index contributed by atoms with van der Waals surface area (Å²) >= 11 is 0. The number of benzene rings is 1. The van der Waals surface area contributed by atoms with Crippen LogP contribution in [-0.4, -0.2) is 31.1 Å². The van der Waals surface area contributed by atoms with Crippen molar-refractivity contribution in [3.05, 3.63) is 53.5 Å². The van der Waals surface area contributed by atoms with E-state index in [2.05, 4.69) is 4.98 Å². The molecule has 0 unspecified atom stereocenters. The maximum absolute atomic E-state index is 13.6. The lowest BCUT2D eigenvalue weighted by atomic mass is 9.82. The number of rotatable bonds is 6. The molecule has 2 aliphatic rings. The maximum atomic E-state index is 13.6. The third-order valence-corrected chi connectivity index (χ3v) is 7.11. The van der Waals surface area contributed by atoms with E-state index in [1.54, 1.807) is 0 Å². The van der Waals surface area contributed by atoms with E-state index in [1.807, 2.05) is 29.8 Å². The normalized spacial score (nSPS) is 22.5. The van der Waals surface area contributed by atoms with Crippen LogP contribution in [-0.2, 0) is 14.8 Å². The summed E-state index contributed by atoms with van der Waals surface area (Å²) in [6.45, 7) is 1.90. The summed E-state index contributed by atoms with van der Waals surface area (Å²) < 4.78 is 59.9. The Kier molecular flexibility index (Phi) is 5.72. The number of aromatic nitrogens is 1. The third kappa shape index (κ3) is 4.71. The minimum absolute atomic E-state index is 0.127. The zero-order valence-corrected chi connectivity index (χ0v) is 17.9. The molecule has 2 aliphatic carbocycles. The number of sulfonamides is 1. The van der Waals surface area contributed by atoms with Gasteiger partial charge in [0.15, 0.2) is 10.6 Å². The molecule has 0 bridgehead atoms. The van der Waals surface area contributed by atoms with Gasteiger partial charge in [-0.15, -0.1) is 0 Å². The Morgan fingerprint density at radius 2 is 1.87 bits per heavy atom. The SMILES string of the molecule is Cc1ccc(C2CCC(F)CC2)c(OC2(C(=O)NS(=O)(=O)c3cccc(F)n3)CC2)c1. The van der Waals surface area contributed by atoms with Crippen LogP contribution < -0.4 is 9.46 Å². The second-order valence-electron chi connectivity index (χ2n) is 8.32. The van der Waals surface area contributed by atoms with Crippen molar-refractivity contribution in [3.63, 3.8) is 0 Å². The van der Waals surface area contributed by atoms with Crippen molar-refractivity contribution >= 4 is 15.9 Å². The largest absolute Gasteiger partial charge is 0.477 e. The van der Waals surface area contributed by atoms with E-state index in [4.69, 9.17) is 4.74 Å². The predicted octanol–water partition coefficient (Wildman–Crippen LogP) is 3.94. The van der Waals surface area contributed by atoms with Crippen molar-refractivity contribution in [2.24, 2.45) is 0 Å². The van der Waals surface area contributed by atoms with Crippen LogP contribution in [0, 0.1) is 12.9 Å². The Morgan fingerprint density at radius 3 is 2.52 bits per heavy atom. The number of hydrogen-bond acceptors (Lipinski definition) is 5. The fraction of sp³-hybridized carbons (Fsp3) is 0.455. The molecule has 4 rings (SSSR count). The Bertz CT molecular complexity index is 1090. The van der Waals surface area contributed by atoms with Gasteiger partial charge in [-0.2, -0.15) is 12.8 Å². The Hall–Kier alpha value is -2.55. The number of carbonyl (C=O) groups is 1. The van der Waals surface area contributed by atoms with Crippen LogP contribution in [0.1, 0.15) is 55.6 Å². The molecule has 166 valence electrons. The summed E-state index contributed by atoms with van der Waals surface area (Å²) in [5.41, 5.74) is 0.539. The van der Waals surface area contributed by atoms with Crippen molar-refractivity contribution in [1.82, 2.24) is 9.71 Å². The number of amides is 1.